The third-order valence-electron chi connectivity index (χ3n) is 8.22. The van der Waals surface area contributed by atoms with Gasteiger partial charge in [0.15, 0.2) is 11.2 Å². The number of anilines is 3. The van der Waals surface area contributed by atoms with Crippen LogP contribution in [-0.2, 0) is 0 Å². The van der Waals surface area contributed by atoms with Crippen LogP contribution in [0.25, 0.3) is 50.7 Å². The number of nitrogens with zero attached hydrogens (tertiary/aromatic N) is 3. The highest BCUT2D eigenvalue weighted by atomic mass is 16.4. The van der Waals surface area contributed by atoms with Crippen LogP contribution in [0.5, 0.6) is 0 Å². The zero-order valence-corrected chi connectivity index (χ0v) is 25.5. The minimum absolute atomic E-state index is 0.592. The summed E-state index contributed by atoms with van der Waals surface area (Å²) in [7, 11) is 0. The molecule has 47 heavy (non-hydrogen) atoms. The predicted octanol–water partition coefficient (Wildman–Crippen LogP) is 10.5. The Kier molecular flexibility index (Phi) is 7.28. The van der Waals surface area contributed by atoms with Gasteiger partial charge in [-0.15, -0.1) is 0 Å². The molecule has 0 unspecified atom stereocenters. The molecule has 0 atom stereocenters. The number of para-hydroxylation sites is 4. The second-order valence-corrected chi connectivity index (χ2v) is 11.3. The van der Waals surface area contributed by atoms with Crippen LogP contribution in [0.4, 0.5) is 17.1 Å². The third-order valence-corrected chi connectivity index (χ3v) is 8.22. The van der Waals surface area contributed by atoms with Crippen molar-refractivity contribution in [2.45, 2.75) is 6.42 Å². The van der Waals surface area contributed by atoms with Gasteiger partial charge in [0.1, 0.15) is 11.0 Å². The van der Waals surface area contributed by atoms with E-state index in [2.05, 4.69) is 93.8 Å². The number of benzene rings is 5. The average Bonchev–Trinajstić information content (AvgIpc) is 3.77. The maximum atomic E-state index is 6.09. The fourth-order valence-electron chi connectivity index (χ4n) is 5.81. The summed E-state index contributed by atoms with van der Waals surface area (Å²) in [5, 5.41) is 0. The average molecular weight is 611 g/mol. The Balaban J connectivity index is 1.15. The summed E-state index contributed by atoms with van der Waals surface area (Å²) >= 11 is 0. The fourth-order valence-corrected chi connectivity index (χ4v) is 5.81. The van der Waals surface area contributed by atoms with E-state index >= 15 is 0 Å². The Bertz CT molecular complexity index is 2140. The molecule has 7 aromatic rings. The van der Waals surface area contributed by atoms with E-state index in [0.29, 0.717) is 11.8 Å². The van der Waals surface area contributed by atoms with Crippen molar-refractivity contribution in [2.24, 2.45) is 5.73 Å². The second-order valence-electron chi connectivity index (χ2n) is 11.3. The Morgan fingerprint density at radius 3 is 1.60 bits per heavy atom. The highest BCUT2D eigenvalue weighted by Gasteiger charge is 2.16. The Labute approximate surface area is 272 Å². The van der Waals surface area contributed by atoms with Crippen LogP contribution in [-0.4, -0.2) is 9.97 Å². The summed E-state index contributed by atoms with van der Waals surface area (Å²) in [5.74, 6) is 1.18. The third kappa shape index (κ3) is 5.64. The minimum atomic E-state index is 0.592. The van der Waals surface area contributed by atoms with E-state index in [9.17, 15) is 0 Å². The minimum Gasteiger partial charge on any atom is -0.436 e. The standard InChI is InChI=1S/C41H30N4O2/c42-27-32(26-28-8-2-1-3-9-28)29-14-20-33(21-15-29)45(34-22-16-30(17-23-34)40-43-36-10-4-6-12-38(36)46-40)35-24-18-31(19-25-35)41-44-37-11-5-7-13-39(37)47-41/h1-8,10-27H,9,42H2/b28-26-,32-27+. The highest BCUT2D eigenvalue weighted by molar-refractivity contribution is 5.83. The monoisotopic (exact) mass is 610 g/mol. The van der Waals surface area contributed by atoms with Crippen molar-refractivity contribution >= 4 is 44.8 Å². The maximum Gasteiger partial charge on any atom is 0.227 e. The molecule has 0 saturated carbocycles. The van der Waals surface area contributed by atoms with Crippen LogP contribution in [0.2, 0.25) is 0 Å². The van der Waals surface area contributed by atoms with E-state index < -0.39 is 0 Å². The number of oxazole rings is 2. The zero-order chi connectivity index (χ0) is 31.6. The molecular formula is C41H30N4O2. The van der Waals surface area contributed by atoms with E-state index in [0.717, 1.165) is 67.9 Å². The first-order chi connectivity index (χ1) is 23.2. The molecule has 6 nitrogen and oxygen atoms in total. The summed E-state index contributed by atoms with van der Waals surface area (Å²) in [6.07, 6.45) is 13.1. The van der Waals surface area contributed by atoms with Gasteiger partial charge in [0.05, 0.1) is 0 Å². The molecule has 2 aromatic heterocycles. The van der Waals surface area contributed by atoms with E-state index in [1.165, 1.54) is 5.57 Å². The van der Waals surface area contributed by atoms with Gasteiger partial charge in [-0.3, -0.25) is 0 Å². The smallest absolute Gasteiger partial charge is 0.227 e. The molecule has 6 heteroatoms. The van der Waals surface area contributed by atoms with Crippen LogP contribution in [0.1, 0.15) is 12.0 Å². The lowest BCUT2D eigenvalue weighted by molar-refractivity contribution is 0.619. The van der Waals surface area contributed by atoms with E-state index in [4.69, 9.17) is 14.6 Å². The molecule has 2 N–H and O–H groups in total. The summed E-state index contributed by atoms with van der Waals surface area (Å²) in [6, 6.07) is 40.6. The van der Waals surface area contributed by atoms with Crippen molar-refractivity contribution in [1.29, 1.82) is 0 Å². The van der Waals surface area contributed by atoms with Crippen molar-refractivity contribution in [3.05, 3.63) is 169 Å². The molecule has 226 valence electrons. The number of hydrogen-bond donors (Lipinski definition) is 1. The molecular weight excluding hydrogens is 580 g/mol. The van der Waals surface area contributed by atoms with Crippen LogP contribution in [0, 0.1) is 0 Å². The molecule has 0 spiro atoms. The molecule has 0 radical (unpaired) electrons. The number of fused-ring (bicyclic) bond motifs is 2. The summed E-state index contributed by atoms with van der Waals surface area (Å²) in [4.78, 5) is 11.6. The number of hydrogen-bond acceptors (Lipinski definition) is 6. The molecule has 1 aliphatic carbocycles. The van der Waals surface area contributed by atoms with Gasteiger partial charge in [0.2, 0.25) is 11.8 Å². The lowest BCUT2D eigenvalue weighted by Crippen LogP contribution is -2.10. The van der Waals surface area contributed by atoms with Crippen molar-refractivity contribution in [3.8, 4) is 22.9 Å². The summed E-state index contributed by atoms with van der Waals surface area (Å²) in [6.45, 7) is 0. The normalized spacial score (nSPS) is 14.0. The van der Waals surface area contributed by atoms with Crippen molar-refractivity contribution in [2.75, 3.05) is 4.90 Å². The lowest BCUT2D eigenvalue weighted by Gasteiger charge is -2.26. The molecule has 0 bridgehead atoms. The van der Waals surface area contributed by atoms with Gasteiger partial charge >= 0.3 is 0 Å². The molecule has 2 heterocycles. The van der Waals surface area contributed by atoms with Gasteiger partial charge < -0.3 is 19.5 Å². The topological polar surface area (TPSA) is 81.3 Å². The quantitative estimate of drug-likeness (QED) is 0.193. The number of nitrogens with two attached hydrogens (primary N) is 1. The SMILES string of the molecule is N/C=C(\C=C1\C=CC=CC1)c1ccc(N(c2ccc(-c3nc4ccccc4o3)cc2)c2ccc(-c3nc4ccccc4o3)cc2)cc1. The van der Waals surface area contributed by atoms with Crippen molar-refractivity contribution in [1.82, 2.24) is 9.97 Å². The molecule has 1 aliphatic rings. The van der Waals surface area contributed by atoms with E-state index in [1.807, 2.05) is 72.8 Å². The molecule has 0 aliphatic heterocycles. The second kappa shape index (κ2) is 12.2. The maximum absolute atomic E-state index is 6.09. The summed E-state index contributed by atoms with van der Waals surface area (Å²) in [5.41, 5.74) is 17.3. The number of rotatable bonds is 7. The number of allylic oxidation sites excluding steroid dienone is 7. The van der Waals surface area contributed by atoms with Gasteiger partial charge in [0.25, 0.3) is 0 Å². The zero-order valence-electron chi connectivity index (χ0n) is 25.5. The molecule has 0 amide bonds. The first kappa shape index (κ1) is 28.1. The first-order valence-electron chi connectivity index (χ1n) is 15.5. The van der Waals surface area contributed by atoms with Gasteiger partial charge in [-0.25, -0.2) is 9.97 Å². The fraction of sp³-hybridized carbons (Fsp3) is 0.0244. The van der Waals surface area contributed by atoms with Crippen LogP contribution >= 0.6 is 0 Å². The molecule has 0 saturated heterocycles. The van der Waals surface area contributed by atoms with Gasteiger partial charge in [0, 0.05) is 34.4 Å². The van der Waals surface area contributed by atoms with Gasteiger partial charge in [-0.2, -0.15) is 0 Å². The van der Waals surface area contributed by atoms with Gasteiger partial charge in [-0.1, -0.05) is 60.7 Å². The largest absolute Gasteiger partial charge is 0.436 e. The predicted molar refractivity (Wildman–Crippen MR) is 190 cm³/mol. The van der Waals surface area contributed by atoms with Crippen LogP contribution < -0.4 is 10.6 Å². The van der Waals surface area contributed by atoms with E-state index in [-0.39, 0.29) is 0 Å². The van der Waals surface area contributed by atoms with E-state index in [1.54, 1.807) is 6.20 Å². The Morgan fingerprint density at radius 1 is 0.617 bits per heavy atom. The summed E-state index contributed by atoms with van der Waals surface area (Å²) < 4.78 is 12.1. The highest BCUT2D eigenvalue weighted by Crippen LogP contribution is 2.38. The molecule has 8 rings (SSSR count). The van der Waals surface area contributed by atoms with Crippen LogP contribution in [0.15, 0.2) is 172 Å². The van der Waals surface area contributed by atoms with Crippen molar-refractivity contribution in [3.63, 3.8) is 0 Å². The van der Waals surface area contributed by atoms with Crippen molar-refractivity contribution < 1.29 is 8.83 Å². The molecule has 5 aromatic carbocycles. The van der Waals surface area contributed by atoms with Crippen LogP contribution in [0.3, 0.4) is 0 Å². The first-order valence-corrected chi connectivity index (χ1v) is 15.5. The lowest BCUT2D eigenvalue weighted by atomic mass is 10.00. The Hall–Kier alpha value is -6.40. The Morgan fingerprint density at radius 2 is 1.13 bits per heavy atom. The van der Waals surface area contributed by atoms with Gasteiger partial charge in [-0.05, 0) is 114 Å². The molecule has 0 fully saturated rings. The number of aromatic nitrogens is 2.